The third-order valence-electron chi connectivity index (χ3n) is 4.23. The van der Waals surface area contributed by atoms with E-state index in [0.717, 1.165) is 25.9 Å². The topological polar surface area (TPSA) is 61.4 Å². The van der Waals surface area contributed by atoms with Gasteiger partial charge in [0.15, 0.2) is 0 Å². The number of piperidine rings is 2. The molecule has 2 N–H and O–H groups in total. The molecule has 0 spiro atoms. The minimum atomic E-state index is 0. The van der Waals surface area contributed by atoms with Crippen LogP contribution >= 0.6 is 12.4 Å². The molecule has 0 aromatic carbocycles. The van der Waals surface area contributed by atoms with Crippen LogP contribution in [0.15, 0.2) is 0 Å². The number of likely N-dealkylation sites (N-methyl/N-ethyl adjacent to an activating group) is 1. The Hall–Kier alpha value is -0.810. The molecule has 0 aromatic rings. The van der Waals surface area contributed by atoms with E-state index >= 15 is 0 Å². The average molecular weight is 304 g/mol. The molecule has 1 unspecified atom stereocenters. The lowest BCUT2D eigenvalue weighted by Crippen LogP contribution is -2.48. The van der Waals surface area contributed by atoms with Crippen molar-refractivity contribution in [2.24, 2.45) is 5.92 Å². The maximum absolute atomic E-state index is 11.9. The minimum absolute atomic E-state index is 0. The molecule has 0 aromatic heterocycles. The van der Waals surface area contributed by atoms with Gasteiger partial charge in [-0.05, 0) is 44.7 Å². The van der Waals surface area contributed by atoms with Crippen molar-refractivity contribution in [1.82, 2.24) is 15.5 Å². The van der Waals surface area contributed by atoms with Gasteiger partial charge in [-0.2, -0.15) is 0 Å². The smallest absolute Gasteiger partial charge is 0.222 e. The Morgan fingerprint density at radius 3 is 2.70 bits per heavy atom. The summed E-state index contributed by atoms with van der Waals surface area (Å²) in [7, 11) is 1.80. The Labute approximate surface area is 127 Å². The normalized spacial score (nSPS) is 24.1. The van der Waals surface area contributed by atoms with Crippen LogP contribution in [0.1, 0.15) is 38.5 Å². The van der Waals surface area contributed by atoms with Crippen LogP contribution in [0.4, 0.5) is 0 Å². The number of rotatable bonds is 4. The number of halogens is 1. The first-order chi connectivity index (χ1) is 9.15. The number of carbonyl (C=O) groups excluding carboxylic acids is 2. The van der Waals surface area contributed by atoms with E-state index in [1.807, 2.05) is 0 Å². The maximum Gasteiger partial charge on any atom is 0.222 e. The SMILES string of the molecule is CN1CC(NC(=O)CCC2CCNCC2)CCC1=O.Cl. The van der Waals surface area contributed by atoms with Crippen molar-refractivity contribution >= 4 is 24.2 Å². The Balaban J connectivity index is 0.00000200. The first kappa shape index (κ1) is 17.2. The van der Waals surface area contributed by atoms with Crippen LogP contribution in [0.3, 0.4) is 0 Å². The fourth-order valence-corrected chi connectivity index (χ4v) is 2.94. The highest BCUT2D eigenvalue weighted by Gasteiger charge is 2.24. The number of amides is 2. The molecular weight excluding hydrogens is 278 g/mol. The number of nitrogens with zero attached hydrogens (tertiary/aromatic N) is 1. The molecule has 0 bridgehead atoms. The number of hydrogen-bond donors (Lipinski definition) is 2. The van der Waals surface area contributed by atoms with Crippen molar-refractivity contribution in [3.63, 3.8) is 0 Å². The summed E-state index contributed by atoms with van der Waals surface area (Å²) in [4.78, 5) is 25.0. The van der Waals surface area contributed by atoms with E-state index < -0.39 is 0 Å². The van der Waals surface area contributed by atoms with Crippen LogP contribution in [-0.4, -0.2) is 49.4 Å². The molecule has 2 aliphatic heterocycles. The highest BCUT2D eigenvalue weighted by atomic mass is 35.5. The predicted octanol–water partition coefficient (Wildman–Crippen LogP) is 0.925. The Bertz CT molecular complexity index is 332. The standard InChI is InChI=1S/C14H25N3O2.ClH/c1-17-10-12(3-5-14(17)19)16-13(18)4-2-11-6-8-15-9-7-11;/h11-12,15H,2-10H2,1H3,(H,16,18);1H. The molecule has 2 amide bonds. The van der Waals surface area contributed by atoms with Crippen molar-refractivity contribution in [3.8, 4) is 0 Å². The highest BCUT2D eigenvalue weighted by molar-refractivity contribution is 5.85. The molecule has 0 aliphatic carbocycles. The molecule has 0 radical (unpaired) electrons. The molecule has 0 saturated carbocycles. The molecule has 2 heterocycles. The van der Waals surface area contributed by atoms with Crippen LogP contribution in [0.25, 0.3) is 0 Å². The summed E-state index contributed by atoms with van der Waals surface area (Å²) in [5, 5.41) is 6.40. The van der Waals surface area contributed by atoms with Gasteiger partial charge in [0.05, 0.1) is 0 Å². The lowest BCUT2D eigenvalue weighted by atomic mass is 9.93. The van der Waals surface area contributed by atoms with Gasteiger partial charge in [0.1, 0.15) is 0 Å². The van der Waals surface area contributed by atoms with Crippen LogP contribution in [0, 0.1) is 5.92 Å². The molecule has 6 heteroatoms. The summed E-state index contributed by atoms with van der Waals surface area (Å²) < 4.78 is 0. The molecular formula is C14H26ClN3O2. The Kier molecular flexibility index (Phi) is 7.30. The second-order valence-corrected chi connectivity index (χ2v) is 5.81. The summed E-state index contributed by atoms with van der Waals surface area (Å²) in [5.41, 5.74) is 0. The van der Waals surface area contributed by atoms with Crippen molar-refractivity contribution in [2.45, 2.75) is 44.6 Å². The molecule has 1 atom stereocenters. The van der Waals surface area contributed by atoms with Gasteiger partial charge in [-0.15, -0.1) is 12.4 Å². The van der Waals surface area contributed by atoms with Crippen LogP contribution in [0.5, 0.6) is 0 Å². The second kappa shape index (κ2) is 8.47. The minimum Gasteiger partial charge on any atom is -0.352 e. The number of hydrogen-bond acceptors (Lipinski definition) is 3. The lowest BCUT2D eigenvalue weighted by molar-refractivity contribution is -0.134. The molecule has 2 saturated heterocycles. The monoisotopic (exact) mass is 303 g/mol. The highest BCUT2D eigenvalue weighted by Crippen LogP contribution is 2.18. The number of carbonyl (C=O) groups is 2. The van der Waals surface area contributed by atoms with E-state index in [1.54, 1.807) is 11.9 Å². The van der Waals surface area contributed by atoms with Gasteiger partial charge in [-0.25, -0.2) is 0 Å². The first-order valence-corrected chi connectivity index (χ1v) is 7.39. The molecule has 2 aliphatic rings. The van der Waals surface area contributed by atoms with Gasteiger partial charge in [0.2, 0.25) is 11.8 Å². The van der Waals surface area contributed by atoms with E-state index in [2.05, 4.69) is 10.6 Å². The number of likely N-dealkylation sites (tertiary alicyclic amines) is 1. The van der Waals surface area contributed by atoms with Gasteiger partial charge in [-0.3, -0.25) is 9.59 Å². The van der Waals surface area contributed by atoms with E-state index in [9.17, 15) is 9.59 Å². The fourth-order valence-electron chi connectivity index (χ4n) is 2.94. The average Bonchev–Trinajstić information content (AvgIpc) is 2.42. The largest absolute Gasteiger partial charge is 0.352 e. The molecule has 116 valence electrons. The third-order valence-corrected chi connectivity index (χ3v) is 4.23. The zero-order valence-electron chi connectivity index (χ0n) is 12.2. The van der Waals surface area contributed by atoms with E-state index in [-0.39, 0.29) is 30.3 Å². The summed E-state index contributed by atoms with van der Waals surface area (Å²) in [6.07, 6.45) is 5.33. The van der Waals surface area contributed by atoms with Crippen molar-refractivity contribution in [1.29, 1.82) is 0 Å². The third kappa shape index (κ3) is 5.29. The molecule has 2 fully saturated rings. The quantitative estimate of drug-likeness (QED) is 0.812. The zero-order chi connectivity index (χ0) is 13.7. The molecule has 2 rings (SSSR count). The van der Waals surface area contributed by atoms with Crippen LogP contribution in [-0.2, 0) is 9.59 Å². The van der Waals surface area contributed by atoms with Gasteiger partial charge in [0.25, 0.3) is 0 Å². The number of nitrogens with one attached hydrogen (secondary N) is 2. The van der Waals surface area contributed by atoms with Crippen molar-refractivity contribution < 1.29 is 9.59 Å². The molecule has 5 nitrogen and oxygen atoms in total. The summed E-state index contributed by atoms with van der Waals surface area (Å²) in [6.45, 7) is 2.82. The second-order valence-electron chi connectivity index (χ2n) is 5.81. The maximum atomic E-state index is 11.9. The van der Waals surface area contributed by atoms with Gasteiger partial charge < -0.3 is 15.5 Å². The van der Waals surface area contributed by atoms with Gasteiger partial charge in [-0.1, -0.05) is 0 Å². The van der Waals surface area contributed by atoms with Crippen LogP contribution < -0.4 is 10.6 Å². The summed E-state index contributed by atoms with van der Waals surface area (Å²) in [5.74, 6) is 1.02. The molecule has 20 heavy (non-hydrogen) atoms. The van der Waals surface area contributed by atoms with E-state index in [0.29, 0.717) is 25.3 Å². The summed E-state index contributed by atoms with van der Waals surface area (Å²) in [6, 6.07) is 0.142. The van der Waals surface area contributed by atoms with Crippen molar-refractivity contribution in [2.75, 3.05) is 26.7 Å². The fraction of sp³-hybridized carbons (Fsp3) is 0.857. The first-order valence-electron chi connectivity index (χ1n) is 7.39. The predicted molar refractivity (Wildman–Crippen MR) is 80.9 cm³/mol. The zero-order valence-corrected chi connectivity index (χ0v) is 13.0. The van der Waals surface area contributed by atoms with E-state index in [1.165, 1.54) is 12.8 Å². The van der Waals surface area contributed by atoms with E-state index in [4.69, 9.17) is 0 Å². The van der Waals surface area contributed by atoms with Crippen molar-refractivity contribution in [3.05, 3.63) is 0 Å². The van der Waals surface area contributed by atoms with Gasteiger partial charge >= 0.3 is 0 Å². The van der Waals surface area contributed by atoms with Gasteiger partial charge in [0, 0.05) is 32.5 Å². The van der Waals surface area contributed by atoms with Crippen LogP contribution in [0.2, 0.25) is 0 Å². The Morgan fingerprint density at radius 1 is 1.35 bits per heavy atom. The summed E-state index contributed by atoms with van der Waals surface area (Å²) >= 11 is 0. The lowest BCUT2D eigenvalue weighted by Gasteiger charge is -2.30. The Morgan fingerprint density at radius 2 is 2.05 bits per heavy atom.